The van der Waals surface area contributed by atoms with Crippen molar-refractivity contribution >= 4 is 29.7 Å². The van der Waals surface area contributed by atoms with Gasteiger partial charge in [0.15, 0.2) is 23.9 Å². The van der Waals surface area contributed by atoms with Crippen LogP contribution in [0.15, 0.2) is 126 Å². The molecule has 46 heavy (non-hydrogen) atoms. The Morgan fingerprint density at radius 3 is 1.09 bits per heavy atom. The van der Waals surface area contributed by atoms with Crippen LogP contribution >= 0.6 is 0 Å². The second-order valence-corrected chi connectivity index (χ2v) is 10.4. The number of urea groups is 2. The summed E-state index contributed by atoms with van der Waals surface area (Å²) in [6.45, 7) is 4.12. The van der Waals surface area contributed by atoms with Crippen LogP contribution in [0.3, 0.4) is 0 Å². The quantitative estimate of drug-likeness (QED) is 0.195. The van der Waals surface area contributed by atoms with E-state index < -0.39 is 35.0 Å². The molecule has 0 unspecified atom stereocenters. The maximum Gasteiger partial charge on any atom is 2.00 e. The van der Waals surface area contributed by atoms with Gasteiger partial charge in [0, 0.05) is 13.1 Å². The third-order valence-corrected chi connectivity index (χ3v) is 7.53. The normalized spacial score (nSPS) is 17.0. The molecule has 0 aromatic heterocycles. The molecule has 0 spiro atoms. The van der Waals surface area contributed by atoms with Crippen molar-refractivity contribution in [3.8, 4) is 0 Å². The van der Waals surface area contributed by atoms with Gasteiger partial charge < -0.3 is 26.6 Å². The van der Waals surface area contributed by atoms with Crippen molar-refractivity contribution in [1.82, 2.24) is 16.0 Å². The van der Waals surface area contributed by atoms with E-state index in [1.165, 1.54) is 6.42 Å². The summed E-state index contributed by atoms with van der Waals surface area (Å²) in [5.41, 5.74) is 0.447. The predicted octanol–water partition coefficient (Wildman–Crippen LogP) is 5.50. The van der Waals surface area contributed by atoms with Crippen LogP contribution in [0.25, 0.3) is 10.6 Å². The molecule has 7 rings (SSSR count). The molecular formula is C35H32CuN6O4. The molecule has 1 radical (unpaired) electrons. The number of benzene rings is 4. The topological polar surface area (TPSA) is 145 Å². The van der Waals surface area contributed by atoms with Crippen LogP contribution in [0.5, 0.6) is 0 Å². The Bertz CT molecular complexity index is 1490. The number of aliphatic imine (C=N–C) groups is 1. The maximum absolute atomic E-state index is 12.3. The molecule has 11 heteroatoms. The van der Waals surface area contributed by atoms with E-state index in [9.17, 15) is 19.2 Å². The van der Waals surface area contributed by atoms with Gasteiger partial charge in [-0.25, -0.2) is 0 Å². The van der Waals surface area contributed by atoms with E-state index in [-0.39, 0.29) is 17.1 Å². The average Bonchev–Trinajstić information content (AvgIpc) is 3.57. The van der Waals surface area contributed by atoms with Gasteiger partial charge in [-0.2, -0.15) is 0 Å². The summed E-state index contributed by atoms with van der Waals surface area (Å²) in [5.74, 6) is 0.135. The molecule has 2 saturated heterocycles. The molecule has 4 aromatic rings. The fourth-order valence-corrected chi connectivity index (χ4v) is 5.36. The molecule has 0 bridgehead atoms. The van der Waals surface area contributed by atoms with Crippen molar-refractivity contribution in [2.45, 2.75) is 24.4 Å². The number of hydrogen-bond acceptors (Lipinski definition) is 6. The molecule has 3 aliphatic rings. The predicted molar refractivity (Wildman–Crippen MR) is 172 cm³/mol. The summed E-state index contributed by atoms with van der Waals surface area (Å²) in [6.07, 6.45) is 1.19. The average molecular weight is 664 g/mol. The first-order valence-corrected chi connectivity index (χ1v) is 14.5. The van der Waals surface area contributed by atoms with E-state index in [0.717, 1.165) is 18.9 Å². The SMILES string of the molecule is CC1=NCCCN1.O=C1[N-]C(=O)C(c2ccccc2)(c2ccccc2)N1.O=C1[N-]C(=O)C(c2ccccc2)(c2ccccc2)N1.[Cu+2]. The van der Waals surface area contributed by atoms with E-state index in [0.29, 0.717) is 22.3 Å². The van der Waals surface area contributed by atoms with Crippen LogP contribution in [0, 0.1) is 0 Å². The molecule has 0 atom stereocenters. The van der Waals surface area contributed by atoms with Crippen molar-refractivity contribution in [1.29, 1.82) is 0 Å². The van der Waals surface area contributed by atoms with Gasteiger partial charge in [0.05, 0.1) is 16.9 Å². The second-order valence-electron chi connectivity index (χ2n) is 10.4. The van der Waals surface area contributed by atoms with Crippen LogP contribution in [0.1, 0.15) is 35.6 Å². The molecule has 2 fully saturated rings. The molecular weight excluding hydrogens is 632 g/mol. The van der Waals surface area contributed by atoms with Crippen molar-refractivity contribution in [3.63, 3.8) is 0 Å². The zero-order valence-electron chi connectivity index (χ0n) is 24.9. The minimum Gasteiger partial charge on any atom is -0.430 e. The van der Waals surface area contributed by atoms with Gasteiger partial charge in [-0.05, 0) is 35.6 Å². The summed E-state index contributed by atoms with van der Waals surface area (Å²) < 4.78 is 0. The first-order valence-electron chi connectivity index (χ1n) is 14.5. The minimum atomic E-state index is -1.19. The van der Waals surface area contributed by atoms with Crippen LogP contribution in [-0.2, 0) is 37.7 Å². The van der Waals surface area contributed by atoms with E-state index in [2.05, 4.69) is 31.6 Å². The molecule has 6 amide bonds. The largest absolute Gasteiger partial charge is 2.00 e. The van der Waals surface area contributed by atoms with Gasteiger partial charge >= 0.3 is 17.1 Å². The van der Waals surface area contributed by atoms with E-state index in [4.69, 9.17) is 0 Å². The molecule has 237 valence electrons. The summed E-state index contributed by atoms with van der Waals surface area (Å²) in [6, 6.07) is 35.4. The van der Waals surface area contributed by atoms with Crippen LogP contribution < -0.4 is 16.0 Å². The third kappa shape index (κ3) is 7.01. The van der Waals surface area contributed by atoms with Gasteiger partial charge in [0.25, 0.3) is 0 Å². The minimum absolute atomic E-state index is 0. The first kappa shape index (κ1) is 33.6. The molecule has 10 nitrogen and oxygen atoms in total. The number of nitrogens with one attached hydrogen (secondary N) is 3. The summed E-state index contributed by atoms with van der Waals surface area (Å²) in [5, 5.41) is 15.5. The Morgan fingerprint density at radius 2 is 0.891 bits per heavy atom. The second kappa shape index (κ2) is 15.2. The van der Waals surface area contributed by atoms with Gasteiger partial charge in [-0.1, -0.05) is 121 Å². The number of nitrogens with zero attached hydrogens (tertiary/aromatic N) is 3. The number of carbonyl (C=O) groups is 4. The van der Waals surface area contributed by atoms with Gasteiger partial charge in [-0.15, -0.1) is 0 Å². The van der Waals surface area contributed by atoms with E-state index >= 15 is 0 Å². The Morgan fingerprint density at radius 1 is 0.565 bits per heavy atom. The Hall–Kier alpha value is -5.25. The van der Waals surface area contributed by atoms with Crippen molar-refractivity contribution in [3.05, 3.63) is 154 Å². The van der Waals surface area contributed by atoms with Crippen molar-refractivity contribution < 1.29 is 36.2 Å². The summed E-state index contributed by atoms with van der Waals surface area (Å²) in [4.78, 5) is 51.7. The smallest absolute Gasteiger partial charge is 0.430 e. The van der Waals surface area contributed by atoms with Gasteiger partial charge in [-0.3, -0.25) is 24.2 Å². The summed E-state index contributed by atoms with van der Waals surface area (Å²) in [7, 11) is 0. The van der Waals surface area contributed by atoms with E-state index in [1.54, 1.807) is 0 Å². The Labute approximate surface area is 277 Å². The number of rotatable bonds is 4. The zero-order valence-corrected chi connectivity index (χ0v) is 25.9. The standard InChI is InChI=1S/2C15H12N2O2.C5H10N2.Cu/c2*18-13-15(17-14(19)16-13,11-7-3-1-4-8-11)12-9-5-2-6-10-12;1-5-6-3-2-4-7-5;/h2*1-10H,(H2,16,17,18,19);2-4H2,1H3,(H,6,7);/q;;;+2/p-2. The van der Waals surface area contributed by atoms with Crippen LogP contribution in [-0.4, -0.2) is 42.8 Å². The number of amidine groups is 1. The maximum atomic E-state index is 12.3. The van der Waals surface area contributed by atoms with Crippen molar-refractivity contribution in [2.24, 2.45) is 4.99 Å². The summed E-state index contributed by atoms with van der Waals surface area (Å²) >= 11 is 0. The number of imide groups is 2. The van der Waals surface area contributed by atoms with Gasteiger partial charge in [0.2, 0.25) is 0 Å². The molecule has 3 heterocycles. The molecule has 4 aromatic carbocycles. The van der Waals surface area contributed by atoms with Crippen molar-refractivity contribution in [2.75, 3.05) is 13.1 Å². The monoisotopic (exact) mass is 663 g/mol. The fourth-order valence-electron chi connectivity index (χ4n) is 5.36. The Kier molecular flexibility index (Phi) is 11.1. The Balaban J connectivity index is 0.000000170. The fraction of sp³-hybridized carbons (Fsp3) is 0.171. The van der Waals surface area contributed by atoms with Crippen LogP contribution in [0.2, 0.25) is 0 Å². The third-order valence-electron chi connectivity index (χ3n) is 7.53. The number of amides is 6. The molecule has 0 saturated carbocycles. The molecule has 3 N–H and O–H groups in total. The van der Waals surface area contributed by atoms with E-state index in [1.807, 2.05) is 128 Å². The van der Waals surface area contributed by atoms with Crippen LogP contribution in [0.4, 0.5) is 9.59 Å². The van der Waals surface area contributed by atoms with Gasteiger partial charge in [0.1, 0.15) is 0 Å². The number of carbonyl (C=O) groups excluding carboxylic acids is 4. The first-order chi connectivity index (χ1) is 21.9. The molecule has 3 aliphatic heterocycles. The number of hydrogen-bond donors (Lipinski definition) is 3. The molecule has 0 aliphatic carbocycles. The zero-order chi connectivity index (χ0) is 31.7.